The molecule has 0 bridgehead atoms. The average molecular weight is 302 g/mol. The lowest BCUT2D eigenvalue weighted by atomic mass is 9.52. The minimum absolute atomic E-state index is 0.218. The zero-order chi connectivity index (χ0) is 15.7. The van der Waals surface area contributed by atoms with Gasteiger partial charge in [0.05, 0.1) is 11.7 Å². The Bertz CT molecular complexity index is 613. The first-order valence-corrected chi connectivity index (χ1v) is 8.60. The quantitative estimate of drug-likeness (QED) is 0.689. The van der Waals surface area contributed by atoms with Crippen molar-refractivity contribution in [3.8, 4) is 5.75 Å². The van der Waals surface area contributed by atoms with E-state index in [1.807, 2.05) is 6.07 Å². The lowest BCUT2D eigenvalue weighted by Gasteiger charge is -2.56. The fourth-order valence-corrected chi connectivity index (χ4v) is 5.80. The van der Waals surface area contributed by atoms with Gasteiger partial charge in [0.2, 0.25) is 0 Å². The molecular formula is C19H26O3. The predicted molar refractivity (Wildman–Crippen MR) is 84.9 cm³/mol. The molecule has 0 aliphatic heterocycles. The van der Waals surface area contributed by atoms with E-state index in [1.54, 1.807) is 6.07 Å². The monoisotopic (exact) mass is 302 g/mol. The number of aliphatic hydroxyl groups excluding tert-OH is 1. The van der Waals surface area contributed by atoms with Crippen LogP contribution in [0.3, 0.4) is 0 Å². The third-order valence-electron chi connectivity index (χ3n) is 7.21. The maximum atomic E-state index is 11.5. The number of phenolic OH excluding ortho intramolecular Hbond substituents is 1. The zero-order valence-corrected chi connectivity index (χ0v) is 13.4. The van der Waals surface area contributed by atoms with Gasteiger partial charge >= 0.3 is 0 Å². The summed E-state index contributed by atoms with van der Waals surface area (Å²) in [6.07, 6.45) is 3.89. The molecule has 1 aromatic carbocycles. The lowest BCUT2D eigenvalue weighted by Crippen LogP contribution is -2.57. The van der Waals surface area contributed by atoms with Crippen molar-refractivity contribution in [3.63, 3.8) is 0 Å². The number of hydrogen-bond donors (Lipinski definition) is 3. The molecule has 0 aromatic heterocycles. The maximum Gasteiger partial charge on any atom is 0.115 e. The molecule has 22 heavy (non-hydrogen) atoms. The van der Waals surface area contributed by atoms with Crippen molar-refractivity contribution < 1.29 is 15.3 Å². The molecule has 0 amide bonds. The van der Waals surface area contributed by atoms with Gasteiger partial charge in [-0.3, -0.25) is 0 Å². The molecule has 3 aliphatic rings. The summed E-state index contributed by atoms with van der Waals surface area (Å²) in [5.74, 6) is 1.25. The van der Waals surface area contributed by atoms with Gasteiger partial charge in [0.15, 0.2) is 0 Å². The van der Waals surface area contributed by atoms with Gasteiger partial charge in [0.1, 0.15) is 5.75 Å². The molecule has 2 saturated carbocycles. The first-order valence-electron chi connectivity index (χ1n) is 8.60. The van der Waals surface area contributed by atoms with Gasteiger partial charge in [0, 0.05) is 5.41 Å². The van der Waals surface area contributed by atoms with E-state index in [0.717, 1.165) is 19.3 Å². The van der Waals surface area contributed by atoms with Gasteiger partial charge in [-0.15, -0.1) is 0 Å². The van der Waals surface area contributed by atoms with Crippen LogP contribution in [0.1, 0.15) is 68.9 Å². The first kappa shape index (κ1) is 14.5. The second kappa shape index (κ2) is 4.48. The minimum atomic E-state index is -0.751. The fraction of sp³-hybridized carbons (Fsp3) is 0.684. The normalized spacial score (nSPS) is 46.7. The Balaban J connectivity index is 1.81. The number of fused-ring (bicyclic) bond motifs is 5. The molecule has 3 heteroatoms. The number of aliphatic hydroxyl groups is 2. The SMILES string of the molecule is C[C@H]1C[C@@H]2[C@H](CC[C@]3(C)C(O)CC[C@@]23O)c2ccc(O)cc21. The first-order chi connectivity index (χ1) is 10.4. The highest BCUT2D eigenvalue weighted by molar-refractivity contribution is 5.43. The summed E-state index contributed by atoms with van der Waals surface area (Å²) >= 11 is 0. The molecule has 0 radical (unpaired) electrons. The molecule has 1 unspecified atom stereocenters. The van der Waals surface area contributed by atoms with Gasteiger partial charge in [-0.1, -0.05) is 19.9 Å². The summed E-state index contributed by atoms with van der Waals surface area (Å²) in [6.45, 7) is 4.27. The van der Waals surface area contributed by atoms with E-state index >= 15 is 0 Å². The maximum absolute atomic E-state index is 11.5. The molecular weight excluding hydrogens is 276 g/mol. The second-order valence-electron chi connectivity index (χ2n) is 8.10. The zero-order valence-electron chi connectivity index (χ0n) is 13.4. The van der Waals surface area contributed by atoms with E-state index in [-0.39, 0.29) is 17.4 Å². The van der Waals surface area contributed by atoms with Crippen molar-refractivity contribution in [3.05, 3.63) is 29.3 Å². The van der Waals surface area contributed by atoms with Crippen LogP contribution in [0.4, 0.5) is 0 Å². The predicted octanol–water partition coefficient (Wildman–Crippen LogP) is 3.29. The van der Waals surface area contributed by atoms with Crippen molar-refractivity contribution in [2.45, 2.75) is 69.5 Å². The fourth-order valence-electron chi connectivity index (χ4n) is 5.80. The molecule has 0 saturated heterocycles. The van der Waals surface area contributed by atoms with E-state index in [0.29, 0.717) is 30.4 Å². The highest BCUT2D eigenvalue weighted by Gasteiger charge is 2.64. The summed E-state index contributed by atoms with van der Waals surface area (Å²) in [6, 6.07) is 5.72. The van der Waals surface area contributed by atoms with E-state index in [9.17, 15) is 15.3 Å². The smallest absolute Gasteiger partial charge is 0.115 e. The molecule has 0 spiro atoms. The summed E-state index contributed by atoms with van der Waals surface area (Å²) < 4.78 is 0. The number of benzene rings is 1. The summed E-state index contributed by atoms with van der Waals surface area (Å²) in [5.41, 5.74) is 1.44. The summed E-state index contributed by atoms with van der Waals surface area (Å²) in [7, 11) is 0. The average Bonchev–Trinajstić information content (AvgIpc) is 2.73. The largest absolute Gasteiger partial charge is 0.508 e. The Morgan fingerprint density at radius 1 is 1.14 bits per heavy atom. The van der Waals surface area contributed by atoms with E-state index < -0.39 is 5.60 Å². The third kappa shape index (κ3) is 1.64. The van der Waals surface area contributed by atoms with E-state index in [1.165, 1.54) is 11.1 Å². The highest BCUT2D eigenvalue weighted by atomic mass is 16.3. The van der Waals surface area contributed by atoms with Crippen LogP contribution in [0.25, 0.3) is 0 Å². The van der Waals surface area contributed by atoms with E-state index in [2.05, 4.69) is 19.9 Å². The van der Waals surface area contributed by atoms with Crippen molar-refractivity contribution in [1.82, 2.24) is 0 Å². The number of phenols is 1. The van der Waals surface area contributed by atoms with Crippen molar-refractivity contribution >= 4 is 0 Å². The lowest BCUT2D eigenvalue weighted by molar-refractivity contribution is -0.164. The van der Waals surface area contributed by atoms with Gasteiger partial charge in [-0.05, 0) is 73.1 Å². The van der Waals surface area contributed by atoms with Gasteiger partial charge < -0.3 is 15.3 Å². The molecule has 0 heterocycles. The van der Waals surface area contributed by atoms with Gasteiger partial charge in [-0.2, -0.15) is 0 Å². The van der Waals surface area contributed by atoms with Gasteiger partial charge in [-0.25, -0.2) is 0 Å². The van der Waals surface area contributed by atoms with E-state index in [4.69, 9.17) is 0 Å². The molecule has 120 valence electrons. The van der Waals surface area contributed by atoms with Crippen LogP contribution in [0.15, 0.2) is 18.2 Å². The van der Waals surface area contributed by atoms with Crippen LogP contribution in [-0.4, -0.2) is 27.0 Å². The van der Waals surface area contributed by atoms with Crippen molar-refractivity contribution in [2.24, 2.45) is 11.3 Å². The second-order valence-corrected chi connectivity index (χ2v) is 8.10. The van der Waals surface area contributed by atoms with Crippen LogP contribution in [-0.2, 0) is 0 Å². The van der Waals surface area contributed by atoms with Crippen molar-refractivity contribution in [1.29, 1.82) is 0 Å². The molecule has 2 fully saturated rings. The molecule has 3 aliphatic carbocycles. The highest BCUT2D eigenvalue weighted by Crippen LogP contribution is 2.64. The van der Waals surface area contributed by atoms with Crippen LogP contribution >= 0.6 is 0 Å². The standard InChI is InChI=1S/C19H26O3/c1-11-9-16-14(13-4-3-12(20)10-15(11)13)5-7-18(2)17(21)6-8-19(16,18)22/h3-4,10-11,14,16-17,20-22H,5-9H2,1-2H3/t11-,14+,16+,17?,18+,19+/m0/s1. The van der Waals surface area contributed by atoms with Crippen LogP contribution in [0.2, 0.25) is 0 Å². The Morgan fingerprint density at radius 2 is 1.91 bits per heavy atom. The summed E-state index contributed by atoms with van der Waals surface area (Å²) in [4.78, 5) is 0. The number of rotatable bonds is 0. The van der Waals surface area contributed by atoms with Crippen LogP contribution < -0.4 is 0 Å². The molecule has 3 N–H and O–H groups in total. The Labute approximate surface area is 132 Å². The van der Waals surface area contributed by atoms with Crippen LogP contribution in [0.5, 0.6) is 5.75 Å². The Morgan fingerprint density at radius 3 is 2.68 bits per heavy atom. The topological polar surface area (TPSA) is 60.7 Å². The molecule has 6 atom stereocenters. The van der Waals surface area contributed by atoms with Crippen LogP contribution in [0, 0.1) is 11.3 Å². The summed E-state index contributed by atoms with van der Waals surface area (Å²) in [5, 5.41) is 31.8. The van der Waals surface area contributed by atoms with Crippen molar-refractivity contribution in [2.75, 3.05) is 0 Å². The number of hydrogen-bond acceptors (Lipinski definition) is 3. The molecule has 3 nitrogen and oxygen atoms in total. The molecule has 1 aromatic rings. The molecule has 4 rings (SSSR count). The minimum Gasteiger partial charge on any atom is -0.508 e. The third-order valence-corrected chi connectivity index (χ3v) is 7.21. The number of aromatic hydroxyl groups is 1. The van der Waals surface area contributed by atoms with Gasteiger partial charge in [0.25, 0.3) is 0 Å². The Kier molecular flexibility index (Phi) is 2.96. The Hall–Kier alpha value is -1.06.